The predicted molar refractivity (Wildman–Crippen MR) is 81.1 cm³/mol. The molecule has 0 aliphatic heterocycles. The molecule has 0 fully saturated rings. The molecule has 0 spiro atoms. The van der Waals surface area contributed by atoms with Crippen LogP contribution in [0.3, 0.4) is 0 Å². The summed E-state index contributed by atoms with van der Waals surface area (Å²) in [5.74, 6) is 1.64. The molecule has 106 valence electrons. The summed E-state index contributed by atoms with van der Waals surface area (Å²) >= 11 is 1.49. The first-order valence-corrected chi connectivity index (χ1v) is 7.49. The number of benzene rings is 1. The number of carbonyl (C=O) groups is 1. The van der Waals surface area contributed by atoms with Crippen molar-refractivity contribution in [3.8, 4) is 11.5 Å². The summed E-state index contributed by atoms with van der Waals surface area (Å²) in [7, 11) is 1.62. The molecular weight excluding hydrogens is 272 g/mol. The van der Waals surface area contributed by atoms with Gasteiger partial charge < -0.3 is 9.47 Å². The van der Waals surface area contributed by atoms with E-state index in [4.69, 9.17) is 9.47 Å². The molecule has 3 nitrogen and oxygen atoms in total. The quantitative estimate of drug-likeness (QED) is 0.724. The lowest BCUT2D eigenvalue weighted by atomic mass is 10.1. The first-order valence-electron chi connectivity index (χ1n) is 6.61. The number of hydrogen-bond donors (Lipinski definition) is 0. The van der Waals surface area contributed by atoms with Gasteiger partial charge in [0.25, 0.3) is 0 Å². The number of hydrogen-bond acceptors (Lipinski definition) is 4. The number of rotatable bonds is 7. The van der Waals surface area contributed by atoms with E-state index in [1.807, 2.05) is 42.6 Å². The second kappa shape index (κ2) is 7.10. The molecule has 0 aliphatic carbocycles. The van der Waals surface area contributed by atoms with E-state index in [-0.39, 0.29) is 5.78 Å². The van der Waals surface area contributed by atoms with Gasteiger partial charge >= 0.3 is 0 Å². The molecule has 0 amide bonds. The lowest BCUT2D eigenvalue weighted by Crippen LogP contribution is -2.00. The minimum atomic E-state index is 0.189. The highest BCUT2D eigenvalue weighted by molar-refractivity contribution is 7.12. The Morgan fingerprint density at radius 3 is 2.75 bits per heavy atom. The average molecular weight is 290 g/mol. The average Bonchev–Trinajstić information content (AvgIpc) is 2.99. The monoisotopic (exact) mass is 290 g/mol. The lowest BCUT2D eigenvalue weighted by molar-refractivity contribution is 0.0986. The number of aryl methyl sites for hydroxylation is 1. The summed E-state index contributed by atoms with van der Waals surface area (Å²) in [4.78, 5) is 12.8. The highest BCUT2D eigenvalue weighted by atomic mass is 32.1. The summed E-state index contributed by atoms with van der Waals surface area (Å²) in [6, 6.07) is 9.58. The van der Waals surface area contributed by atoms with Gasteiger partial charge in [-0.05, 0) is 42.5 Å². The van der Waals surface area contributed by atoms with Crippen LogP contribution in [0.5, 0.6) is 11.5 Å². The van der Waals surface area contributed by atoms with Crippen molar-refractivity contribution in [2.24, 2.45) is 0 Å². The van der Waals surface area contributed by atoms with E-state index >= 15 is 0 Å². The van der Waals surface area contributed by atoms with Crippen molar-refractivity contribution in [3.05, 3.63) is 46.2 Å². The maximum Gasteiger partial charge on any atom is 0.173 e. The minimum absolute atomic E-state index is 0.189. The summed E-state index contributed by atoms with van der Waals surface area (Å²) in [6.45, 7) is 2.53. The van der Waals surface area contributed by atoms with Crippen molar-refractivity contribution in [3.63, 3.8) is 0 Å². The molecule has 2 aromatic rings. The molecule has 2 rings (SSSR count). The zero-order valence-corrected chi connectivity index (χ0v) is 12.5. The van der Waals surface area contributed by atoms with Gasteiger partial charge in [0.05, 0.1) is 18.6 Å². The third-order valence-corrected chi connectivity index (χ3v) is 3.88. The molecule has 1 aromatic carbocycles. The van der Waals surface area contributed by atoms with Crippen molar-refractivity contribution in [2.45, 2.75) is 19.8 Å². The zero-order chi connectivity index (χ0) is 14.4. The van der Waals surface area contributed by atoms with Crippen LogP contribution in [0.15, 0.2) is 35.7 Å². The Morgan fingerprint density at radius 1 is 1.25 bits per heavy atom. The molecule has 0 N–H and O–H groups in total. The van der Waals surface area contributed by atoms with E-state index in [1.54, 1.807) is 7.11 Å². The van der Waals surface area contributed by atoms with E-state index < -0.39 is 0 Å². The largest absolute Gasteiger partial charge is 0.493 e. The molecule has 1 heterocycles. The number of ether oxygens (including phenoxy) is 2. The Hall–Kier alpha value is -1.81. The summed E-state index contributed by atoms with van der Waals surface area (Å²) in [6.07, 6.45) is 1.22. The first kappa shape index (κ1) is 14.6. The molecule has 4 heteroatoms. The highest BCUT2D eigenvalue weighted by Gasteiger charge is 2.09. The Morgan fingerprint density at radius 2 is 2.10 bits per heavy atom. The van der Waals surface area contributed by atoms with Crippen LogP contribution in [-0.2, 0) is 6.42 Å². The fourth-order valence-corrected chi connectivity index (χ4v) is 2.66. The molecule has 0 bridgehead atoms. The summed E-state index contributed by atoms with van der Waals surface area (Å²) < 4.78 is 10.8. The van der Waals surface area contributed by atoms with E-state index in [2.05, 4.69) is 0 Å². The fraction of sp³-hybridized carbons (Fsp3) is 0.312. The Kier molecular flexibility index (Phi) is 5.18. The number of Topliss-reactive ketones (excluding diaryl/α,β-unsaturated/α-hetero) is 1. The Labute approximate surface area is 123 Å². The van der Waals surface area contributed by atoms with Crippen LogP contribution in [0.2, 0.25) is 0 Å². The third kappa shape index (κ3) is 3.61. The van der Waals surface area contributed by atoms with Gasteiger partial charge in [0, 0.05) is 6.42 Å². The van der Waals surface area contributed by atoms with Gasteiger partial charge in [0.15, 0.2) is 17.3 Å². The number of methoxy groups -OCH3 is 1. The van der Waals surface area contributed by atoms with Crippen LogP contribution < -0.4 is 9.47 Å². The SMILES string of the molecule is CCOc1cc(CCC(=O)c2cccs2)ccc1OC. The van der Waals surface area contributed by atoms with E-state index in [1.165, 1.54) is 11.3 Å². The fourth-order valence-electron chi connectivity index (χ4n) is 1.96. The molecular formula is C16H18O3S. The molecule has 0 saturated heterocycles. The predicted octanol–water partition coefficient (Wildman–Crippen LogP) is 3.97. The zero-order valence-electron chi connectivity index (χ0n) is 11.7. The smallest absolute Gasteiger partial charge is 0.173 e. The van der Waals surface area contributed by atoms with Crippen LogP contribution in [0.1, 0.15) is 28.6 Å². The van der Waals surface area contributed by atoms with Gasteiger partial charge in [0.1, 0.15) is 0 Å². The van der Waals surface area contributed by atoms with E-state index in [9.17, 15) is 4.79 Å². The van der Waals surface area contributed by atoms with Crippen LogP contribution in [0, 0.1) is 0 Å². The van der Waals surface area contributed by atoms with Crippen molar-refractivity contribution in [1.82, 2.24) is 0 Å². The van der Waals surface area contributed by atoms with Gasteiger partial charge in [0.2, 0.25) is 0 Å². The van der Waals surface area contributed by atoms with Gasteiger partial charge in [-0.25, -0.2) is 0 Å². The van der Waals surface area contributed by atoms with E-state index in [0.29, 0.717) is 19.4 Å². The van der Waals surface area contributed by atoms with Crippen molar-refractivity contribution < 1.29 is 14.3 Å². The van der Waals surface area contributed by atoms with Crippen molar-refractivity contribution in [1.29, 1.82) is 0 Å². The van der Waals surface area contributed by atoms with Crippen LogP contribution in [0.25, 0.3) is 0 Å². The second-order valence-corrected chi connectivity index (χ2v) is 5.27. The molecule has 20 heavy (non-hydrogen) atoms. The van der Waals surface area contributed by atoms with Crippen molar-refractivity contribution in [2.75, 3.05) is 13.7 Å². The molecule has 0 unspecified atom stereocenters. The lowest BCUT2D eigenvalue weighted by Gasteiger charge is -2.10. The van der Waals surface area contributed by atoms with Crippen LogP contribution in [-0.4, -0.2) is 19.5 Å². The Bertz CT molecular complexity index is 561. The molecule has 0 aliphatic rings. The van der Waals surface area contributed by atoms with Gasteiger partial charge in [-0.2, -0.15) is 0 Å². The maximum absolute atomic E-state index is 12.0. The first-order chi connectivity index (χ1) is 9.74. The molecule has 0 radical (unpaired) electrons. The summed E-state index contributed by atoms with van der Waals surface area (Å²) in [5.41, 5.74) is 1.08. The molecule has 1 aromatic heterocycles. The molecule has 0 saturated carbocycles. The minimum Gasteiger partial charge on any atom is -0.493 e. The third-order valence-electron chi connectivity index (χ3n) is 2.96. The standard InChI is InChI=1S/C16H18O3S/c1-3-19-15-11-12(7-9-14(15)18-2)6-8-13(17)16-5-4-10-20-16/h4-5,7,9-11H,3,6,8H2,1-2H3. The number of thiophene rings is 1. The summed E-state index contributed by atoms with van der Waals surface area (Å²) in [5, 5.41) is 1.92. The number of carbonyl (C=O) groups excluding carboxylic acids is 1. The maximum atomic E-state index is 12.0. The highest BCUT2D eigenvalue weighted by Crippen LogP contribution is 2.28. The van der Waals surface area contributed by atoms with Gasteiger partial charge in [-0.15, -0.1) is 11.3 Å². The number of ketones is 1. The van der Waals surface area contributed by atoms with Gasteiger partial charge in [-0.1, -0.05) is 12.1 Å². The van der Waals surface area contributed by atoms with E-state index in [0.717, 1.165) is 21.9 Å². The topological polar surface area (TPSA) is 35.5 Å². The van der Waals surface area contributed by atoms with Gasteiger partial charge in [-0.3, -0.25) is 4.79 Å². The Balaban J connectivity index is 2.02. The van der Waals surface area contributed by atoms with Crippen LogP contribution >= 0.6 is 11.3 Å². The van der Waals surface area contributed by atoms with Crippen LogP contribution in [0.4, 0.5) is 0 Å². The second-order valence-electron chi connectivity index (χ2n) is 4.32. The normalized spacial score (nSPS) is 10.3. The van der Waals surface area contributed by atoms with Crippen molar-refractivity contribution >= 4 is 17.1 Å². The molecule has 0 atom stereocenters.